The maximum atomic E-state index is 12.5. The summed E-state index contributed by atoms with van der Waals surface area (Å²) in [6.07, 6.45) is 0. The summed E-state index contributed by atoms with van der Waals surface area (Å²) >= 11 is 0. The highest BCUT2D eigenvalue weighted by Gasteiger charge is 2.30. The lowest BCUT2D eigenvalue weighted by Gasteiger charge is -2.30. The molecule has 2 N–H and O–H groups in total. The van der Waals surface area contributed by atoms with Gasteiger partial charge in [-0.15, -0.1) is 0 Å². The van der Waals surface area contributed by atoms with E-state index in [1.54, 1.807) is 0 Å². The second-order valence-corrected chi connectivity index (χ2v) is 5.59. The van der Waals surface area contributed by atoms with E-state index in [2.05, 4.69) is 0 Å². The van der Waals surface area contributed by atoms with Crippen molar-refractivity contribution in [1.82, 2.24) is 4.90 Å². The number of fused-ring (bicyclic) bond motifs is 1. The zero-order valence-corrected chi connectivity index (χ0v) is 12.3. The Kier molecular flexibility index (Phi) is 4.18. The molecule has 1 aromatic carbocycles. The van der Waals surface area contributed by atoms with E-state index in [1.165, 1.54) is 0 Å². The molecule has 5 nitrogen and oxygen atoms in total. The van der Waals surface area contributed by atoms with Gasteiger partial charge >= 0.3 is 0 Å². The standard InChI is InChI=1S/C15H22N2O3/c1-4-17(14(18)15(2,3)9-16)8-11-5-6-12-13(7-11)20-10-19-12/h5-7H,4,8-10,16H2,1-3H3. The average Bonchev–Trinajstić information content (AvgIpc) is 2.91. The number of carbonyl (C=O) groups is 1. The van der Waals surface area contributed by atoms with Crippen LogP contribution in [0.15, 0.2) is 18.2 Å². The minimum atomic E-state index is -0.535. The Hall–Kier alpha value is -1.75. The average molecular weight is 278 g/mol. The van der Waals surface area contributed by atoms with Crippen LogP contribution in [0.1, 0.15) is 26.3 Å². The van der Waals surface area contributed by atoms with Crippen molar-refractivity contribution in [2.75, 3.05) is 19.9 Å². The Labute approximate surface area is 119 Å². The highest BCUT2D eigenvalue weighted by molar-refractivity contribution is 5.82. The lowest BCUT2D eigenvalue weighted by atomic mass is 9.91. The van der Waals surface area contributed by atoms with E-state index in [0.717, 1.165) is 17.1 Å². The highest BCUT2D eigenvalue weighted by Crippen LogP contribution is 2.33. The van der Waals surface area contributed by atoms with Gasteiger partial charge in [0.1, 0.15) is 0 Å². The number of hydrogen-bond donors (Lipinski definition) is 1. The van der Waals surface area contributed by atoms with Crippen molar-refractivity contribution >= 4 is 5.91 Å². The maximum absolute atomic E-state index is 12.5. The van der Waals surface area contributed by atoms with Crippen molar-refractivity contribution in [3.8, 4) is 11.5 Å². The van der Waals surface area contributed by atoms with E-state index in [4.69, 9.17) is 15.2 Å². The first-order chi connectivity index (χ1) is 9.47. The Bertz CT molecular complexity index is 500. The second-order valence-electron chi connectivity index (χ2n) is 5.59. The number of hydrogen-bond acceptors (Lipinski definition) is 4. The largest absolute Gasteiger partial charge is 0.454 e. The summed E-state index contributed by atoms with van der Waals surface area (Å²) in [7, 11) is 0. The van der Waals surface area contributed by atoms with Gasteiger partial charge in [0.25, 0.3) is 0 Å². The van der Waals surface area contributed by atoms with E-state index in [1.807, 2.05) is 43.9 Å². The summed E-state index contributed by atoms with van der Waals surface area (Å²) in [5.74, 6) is 1.56. The van der Waals surface area contributed by atoms with Crippen LogP contribution in [0, 0.1) is 5.41 Å². The van der Waals surface area contributed by atoms with E-state index < -0.39 is 5.41 Å². The third kappa shape index (κ3) is 2.88. The summed E-state index contributed by atoms with van der Waals surface area (Å²) in [6.45, 7) is 7.51. The van der Waals surface area contributed by atoms with Crippen LogP contribution in [-0.4, -0.2) is 30.7 Å². The number of amides is 1. The highest BCUT2D eigenvalue weighted by atomic mass is 16.7. The summed E-state index contributed by atoms with van der Waals surface area (Å²) < 4.78 is 10.6. The Balaban J connectivity index is 2.12. The van der Waals surface area contributed by atoms with Gasteiger partial charge in [0, 0.05) is 19.6 Å². The summed E-state index contributed by atoms with van der Waals surface area (Å²) in [4.78, 5) is 14.3. The van der Waals surface area contributed by atoms with Gasteiger partial charge in [-0.2, -0.15) is 0 Å². The number of carbonyl (C=O) groups excluding carboxylic acids is 1. The number of nitrogens with zero attached hydrogens (tertiary/aromatic N) is 1. The van der Waals surface area contributed by atoms with Crippen molar-refractivity contribution in [2.45, 2.75) is 27.3 Å². The lowest BCUT2D eigenvalue weighted by Crippen LogP contribution is -2.44. The molecule has 1 aliphatic heterocycles. The minimum absolute atomic E-state index is 0.0696. The summed E-state index contributed by atoms with van der Waals surface area (Å²) in [5, 5.41) is 0. The number of benzene rings is 1. The lowest BCUT2D eigenvalue weighted by molar-refractivity contribution is -0.140. The molecule has 0 radical (unpaired) electrons. The fraction of sp³-hybridized carbons (Fsp3) is 0.533. The first-order valence-corrected chi connectivity index (χ1v) is 6.86. The Morgan fingerprint density at radius 3 is 2.70 bits per heavy atom. The normalized spacial score (nSPS) is 13.4. The molecule has 2 rings (SSSR count). The van der Waals surface area contributed by atoms with Gasteiger partial charge in [-0.1, -0.05) is 6.07 Å². The molecule has 0 unspecified atom stereocenters. The predicted molar refractivity (Wildman–Crippen MR) is 76.5 cm³/mol. The van der Waals surface area contributed by atoms with Crippen LogP contribution in [0.25, 0.3) is 0 Å². The van der Waals surface area contributed by atoms with Gasteiger partial charge in [0.2, 0.25) is 12.7 Å². The molecular weight excluding hydrogens is 256 g/mol. The predicted octanol–water partition coefficient (Wildman–Crippen LogP) is 1.75. The molecule has 0 fully saturated rings. The molecule has 110 valence electrons. The molecule has 0 atom stereocenters. The summed E-state index contributed by atoms with van der Waals surface area (Å²) in [6, 6.07) is 5.76. The fourth-order valence-electron chi connectivity index (χ4n) is 2.10. The molecule has 1 aliphatic rings. The van der Waals surface area contributed by atoms with Crippen molar-refractivity contribution in [2.24, 2.45) is 11.1 Å². The number of ether oxygens (including phenoxy) is 2. The maximum Gasteiger partial charge on any atom is 0.231 e. The first-order valence-electron chi connectivity index (χ1n) is 6.86. The Morgan fingerprint density at radius 1 is 1.35 bits per heavy atom. The third-order valence-electron chi connectivity index (χ3n) is 3.57. The van der Waals surface area contributed by atoms with Crippen LogP contribution in [0.3, 0.4) is 0 Å². The van der Waals surface area contributed by atoms with E-state index in [9.17, 15) is 4.79 Å². The number of nitrogens with two attached hydrogens (primary N) is 1. The summed E-state index contributed by atoms with van der Waals surface area (Å²) in [5.41, 5.74) is 6.17. The monoisotopic (exact) mass is 278 g/mol. The Morgan fingerprint density at radius 2 is 2.05 bits per heavy atom. The van der Waals surface area contributed by atoms with Crippen molar-refractivity contribution in [3.63, 3.8) is 0 Å². The van der Waals surface area contributed by atoms with Gasteiger partial charge in [-0.25, -0.2) is 0 Å². The van der Waals surface area contributed by atoms with Crippen molar-refractivity contribution < 1.29 is 14.3 Å². The van der Waals surface area contributed by atoms with Gasteiger partial charge in [0.15, 0.2) is 11.5 Å². The smallest absolute Gasteiger partial charge is 0.231 e. The molecule has 1 amide bonds. The molecule has 1 heterocycles. The molecule has 0 saturated heterocycles. The van der Waals surface area contributed by atoms with E-state index in [0.29, 0.717) is 19.6 Å². The molecule has 5 heteroatoms. The fourth-order valence-corrected chi connectivity index (χ4v) is 2.10. The molecule has 0 aliphatic carbocycles. The molecule has 0 aromatic heterocycles. The quantitative estimate of drug-likeness (QED) is 0.891. The minimum Gasteiger partial charge on any atom is -0.454 e. The molecule has 0 spiro atoms. The van der Waals surface area contributed by atoms with Crippen LogP contribution in [0.5, 0.6) is 11.5 Å². The third-order valence-corrected chi connectivity index (χ3v) is 3.57. The van der Waals surface area contributed by atoms with Gasteiger partial charge in [0.05, 0.1) is 5.41 Å². The SMILES string of the molecule is CCN(Cc1ccc2c(c1)OCO2)C(=O)C(C)(C)CN. The van der Waals surface area contributed by atoms with Crippen molar-refractivity contribution in [3.05, 3.63) is 23.8 Å². The molecular formula is C15H22N2O3. The molecule has 0 bridgehead atoms. The van der Waals surface area contributed by atoms with Crippen LogP contribution in [0.2, 0.25) is 0 Å². The topological polar surface area (TPSA) is 64.8 Å². The molecule has 0 saturated carbocycles. The first kappa shape index (κ1) is 14.7. The zero-order valence-electron chi connectivity index (χ0n) is 12.3. The number of rotatable bonds is 5. The zero-order chi connectivity index (χ0) is 14.8. The molecule has 20 heavy (non-hydrogen) atoms. The second kappa shape index (κ2) is 5.71. The van der Waals surface area contributed by atoms with Crippen molar-refractivity contribution in [1.29, 1.82) is 0 Å². The van der Waals surface area contributed by atoms with Crippen LogP contribution >= 0.6 is 0 Å². The van der Waals surface area contributed by atoms with Crippen LogP contribution in [0.4, 0.5) is 0 Å². The van der Waals surface area contributed by atoms with Gasteiger partial charge < -0.3 is 20.1 Å². The van der Waals surface area contributed by atoms with E-state index in [-0.39, 0.29) is 12.7 Å². The van der Waals surface area contributed by atoms with E-state index >= 15 is 0 Å². The van der Waals surface area contributed by atoms with Gasteiger partial charge in [-0.05, 0) is 38.5 Å². The van der Waals surface area contributed by atoms with Crippen LogP contribution < -0.4 is 15.2 Å². The van der Waals surface area contributed by atoms with Crippen LogP contribution in [-0.2, 0) is 11.3 Å². The van der Waals surface area contributed by atoms with Gasteiger partial charge in [-0.3, -0.25) is 4.79 Å². The molecule has 1 aromatic rings.